The van der Waals surface area contributed by atoms with Crippen molar-refractivity contribution >= 4 is 38.4 Å². The van der Waals surface area contributed by atoms with E-state index in [0.717, 1.165) is 85.2 Å². The summed E-state index contributed by atoms with van der Waals surface area (Å²) in [5, 5.41) is 18.8. The normalized spacial score (nSPS) is 29.2. The Morgan fingerprint density at radius 1 is 1.08 bits per heavy atom. The van der Waals surface area contributed by atoms with Crippen LogP contribution in [-0.2, 0) is 11.2 Å². The summed E-state index contributed by atoms with van der Waals surface area (Å²) in [6, 6.07) is 8.43. The Morgan fingerprint density at radius 2 is 2.00 bits per heavy atom. The van der Waals surface area contributed by atoms with E-state index in [1.165, 1.54) is 0 Å². The van der Waals surface area contributed by atoms with Gasteiger partial charge >= 0.3 is 6.01 Å². The van der Waals surface area contributed by atoms with Gasteiger partial charge in [-0.05, 0) is 86.2 Å². The number of anilines is 1. The minimum absolute atomic E-state index is 0.0835. The van der Waals surface area contributed by atoms with E-state index in [2.05, 4.69) is 34.9 Å². The molecule has 4 aliphatic heterocycles. The first-order chi connectivity index (χ1) is 25.4. The average molecular weight is 710 g/mol. The number of piperidine rings is 1. The molecular weight excluding hydrogens is 664 g/mol. The predicted molar refractivity (Wildman–Crippen MR) is 195 cm³/mol. The topological polar surface area (TPSA) is 102 Å². The standard InChI is InChI=1S/C40H45F2N7O3/c1-2-24-7-5-8-25-15-30-28(18-44-49(30)32-9-3-4-12-51-32)34(33(24)25)37-35(42)36-29(17-43-37)38(47-19-23-13-26(20-47)31(50)14-23)46-39(45-36)52-22-40-10-6-11-48(40)21-27(41)16-40/h5,7-8,15,17-18,23,26-27,31-32,50H,2-4,6,9-14,16,19-22H2,1H3/t23?,26?,27-,31?,32?,40+/m1/s1. The molecule has 1 aliphatic carbocycles. The van der Waals surface area contributed by atoms with E-state index in [1.807, 2.05) is 16.9 Å². The lowest BCUT2D eigenvalue weighted by molar-refractivity contribution is -0.0366. The van der Waals surface area contributed by atoms with Gasteiger partial charge in [0.2, 0.25) is 0 Å². The first-order valence-corrected chi connectivity index (χ1v) is 19.2. The summed E-state index contributed by atoms with van der Waals surface area (Å²) in [7, 11) is 0. The van der Waals surface area contributed by atoms with Crippen LogP contribution >= 0.6 is 0 Å². The maximum absolute atomic E-state index is 17.6. The van der Waals surface area contributed by atoms with E-state index in [1.54, 1.807) is 6.20 Å². The van der Waals surface area contributed by atoms with Crippen molar-refractivity contribution in [2.24, 2.45) is 11.8 Å². The van der Waals surface area contributed by atoms with Crippen molar-refractivity contribution in [3.8, 4) is 17.3 Å². The molecule has 4 saturated heterocycles. The number of halogens is 2. The van der Waals surface area contributed by atoms with Crippen molar-refractivity contribution in [3.63, 3.8) is 0 Å². The highest BCUT2D eigenvalue weighted by atomic mass is 19.1. The number of pyridine rings is 1. The number of hydrogen-bond donors (Lipinski definition) is 1. The number of fused-ring (bicyclic) bond motifs is 6. The van der Waals surface area contributed by atoms with Gasteiger partial charge in [0.1, 0.15) is 29.8 Å². The Balaban J connectivity index is 1.15. The molecule has 3 aromatic heterocycles. The maximum Gasteiger partial charge on any atom is 0.319 e. The summed E-state index contributed by atoms with van der Waals surface area (Å²) in [6.07, 6.45) is 9.79. The zero-order valence-corrected chi connectivity index (χ0v) is 29.6. The Morgan fingerprint density at radius 3 is 2.85 bits per heavy atom. The molecule has 272 valence electrons. The molecule has 6 atom stereocenters. The third kappa shape index (κ3) is 5.19. The van der Waals surface area contributed by atoms with E-state index in [9.17, 15) is 9.50 Å². The molecule has 5 aromatic rings. The van der Waals surface area contributed by atoms with Crippen LogP contribution in [0, 0.1) is 17.7 Å². The molecule has 10 rings (SSSR count). The predicted octanol–water partition coefficient (Wildman–Crippen LogP) is 6.76. The fraction of sp³-hybridized carbons (Fsp3) is 0.550. The number of aromatic nitrogens is 5. The van der Waals surface area contributed by atoms with Crippen LogP contribution in [0.1, 0.15) is 70.1 Å². The molecular formula is C40H45F2N7O3. The van der Waals surface area contributed by atoms with Gasteiger partial charge in [-0.3, -0.25) is 9.88 Å². The van der Waals surface area contributed by atoms with Gasteiger partial charge in [-0.25, -0.2) is 13.5 Å². The number of aliphatic hydroxyl groups excluding tert-OH is 1. The van der Waals surface area contributed by atoms with Gasteiger partial charge in [-0.1, -0.05) is 25.1 Å². The highest BCUT2D eigenvalue weighted by Crippen LogP contribution is 2.45. The van der Waals surface area contributed by atoms with Crippen LogP contribution in [0.15, 0.2) is 36.7 Å². The number of aryl methyl sites for hydroxylation is 1. The van der Waals surface area contributed by atoms with Crippen molar-refractivity contribution < 1.29 is 23.4 Å². The molecule has 52 heavy (non-hydrogen) atoms. The lowest BCUT2D eigenvalue weighted by Crippen LogP contribution is -2.43. The van der Waals surface area contributed by atoms with Gasteiger partial charge in [0.15, 0.2) is 12.0 Å². The summed E-state index contributed by atoms with van der Waals surface area (Å²) in [6.45, 7) is 5.62. The van der Waals surface area contributed by atoms with Gasteiger partial charge in [-0.2, -0.15) is 15.1 Å². The second-order valence-corrected chi connectivity index (χ2v) is 15.9. The average Bonchev–Trinajstić information content (AvgIpc) is 3.90. The van der Waals surface area contributed by atoms with Gasteiger partial charge < -0.3 is 19.5 Å². The third-order valence-corrected chi connectivity index (χ3v) is 12.7. The number of aliphatic hydroxyl groups is 1. The smallest absolute Gasteiger partial charge is 0.319 e. The number of hydrogen-bond acceptors (Lipinski definition) is 9. The second-order valence-electron chi connectivity index (χ2n) is 15.9. The highest BCUT2D eigenvalue weighted by Gasteiger charge is 2.49. The highest BCUT2D eigenvalue weighted by molar-refractivity contribution is 6.13. The first kappa shape index (κ1) is 32.6. The van der Waals surface area contributed by atoms with Gasteiger partial charge in [-0.15, -0.1) is 0 Å². The molecule has 1 N–H and O–H groups in total. The van der Waals surface area contributed by atoms with Gasteiger partial charge in [0, 0.05) is 55.7 Å². The van der Waals surface area contributed by atoms with Crippen molar-refractivity contribution in [1.29, 1.82) is 0 Å². The summed E-state index contributed by atoms with van der Waals surface area (Å²) in [4.78, 5) is 19.0. The van der Waals surface area contributed by atoms with Gasteiger partial charge in [0.25, 0.3) is 0 Å². The van der Waals surface area contributed by atoms with Crippen LogP contribution in [0.5, 0.6) is 6.01 Å². The number of alkyl halides is 1. The summed E-state index contributed by atoms with van der Waals surface area (Å²) >= 11 is 0. The first-order valence-electron chi connectivity index (χ1n) is 19.2. The molecule has 5 aliphatic rings. The summed E-state index contributed by atoms with van der Waals surface area (Å²) in [5.41, 5.74) is 2.60. The van der Waals surface area contributed by atoms with E-state index >= 15 is 4.39 Å². The van der Waals surface area contributed by atoms with Crippen molar-refractivity contribution in [1.82, 2.24) is 29.6 Å². The molecule has 5 fully saturated rings. The molecule has 1 saturated carbocycles. The molecule has 2 bridgehead atoms. The molecule has 7 heterocycles. The fourth-order valence-corrected chi connectivity index (χ4v) is 10.3. The minimum Gasteiger partial charge on any atom is -0.461 e. The van der Waals surface area contributed by atoms with Crippen LogP contribution in [0.2, 0.25) is 0 Å². The Bertz CT molecular complexity index is 2190. The Hall–Kier alpha value is -4.00. The third-order valence-electron chi connectivity index (χ3n) is 12.7. The largest absolute Gasteiger partial charge is 0.461 e. The molecule has 0 spiro atoms. The lowest BCUT2D eigenvalue weighted by atomic mass is 9.92. The molecule has 12 heteroatoms. The number of rotatable bonds is 7. The molecule has 0 amide bonds. The van der Waals surface area contributed by atoms with E-state index < -0.39 is 17.5 Å². The molecule has 0 radical (unpaired) electrons. The van der Waals surface area contributed by atoms with Crippen LogP contribution < -0.4 is 9.64 Å². The van der Waals surface area contributed by atoms with E-state index in [4.69, 9.17) is 29.5 Å². The maximum atomic E-state index is 17.6. The van der Waals surface area contributed by atoms with Crippen molar-refractivity contribution in [3.05, 3.63) is 48.0 Å². The van der Waals surface area contributed by atoms with Crippen LogP contribution in [0.25, 0.3) is 43.8 Å². The quantitative estimate of drug-likeness (QED) is 0.197. The number of nitrogens with zero attached hydrogens (tertiary/aromatic N) is 7. The zero-order valence-electron chi connectivity index (χ0n) is 29.6. The minimum atomic E-state index is -0.891. The molecule has 10 nitrogen and oxygen atoms in total. The Kier molecular flexibility index (Phi) is 7.88. The number of benzene rings is 2. The zero-order chi connectivity index (χ0) is 35.1. The van der Waals surface area contributed by atoms with Crippen LogP contribution in [0.3, 0.4) is 0 Å². The van der Waals surface area contributed by atoms with Crippen LogP contribution in [0.4, 0.5) is 14.6 Å². The van der Waals surface area contributed by atoms with Crippen molar-refractivity contribution in [2.45, 2.75) is 88.8 Å². The molecule has 4 unspecified atom stereocenters. The molecule has 2 aromatic carbocycles. The Labute approximate surface area is 301 Å². The number of ether oxygens (including phenoxy) is 2. The van der Waals surface area contributed by atoms with Crippen LogP contribution in [-0.4, -0.2) is 91.9 Å². The SMILES string of the molecule is CCc1cccc2cc3c(cnn3C3CCCCO3)c(-c3ncc4c(N5CC6CC(O)C(C6)C5)nc(OC[C@@]56CCCN5C[C@H](F)C6)nc4c3F)c12. The summed E-state index contributed by atoms with van der Waals surface area (Å²) < 4.78 is 46.7. The second kappa shape index (κ2) is 12.6. The van der Waals surface area contributed by atoms with Gasteiger partial charge in [0.05, 0.1) is 28.7 Å². The fourth-order valence-electron chi connectivity index (χ4n) is 10.3. The van der Waals surface area contributed by atoms with Crippen molar-refractivity contribution in [2.75, 3.05) is 44.3 Å². The monoisotopic (exact) mass is 709 g/mol. The lowest BCUT2D eigenvalue weighted by Gasteiger charge is -2.34. The van der Waals surface area contributed by atoms with E-state index in [0.29, 0.717) is 55.3 Å². The summed E-state index contributed by atoms with van der Waals surface area (Å²) in [5.74, 6) is 0.471. The van der Waals surface area contributed by atoms with E-state index in [-0.39, 0.29) is 42.1 Å².